The first-order valence-electron chi connectivity index (χ1n) is 5.84. The Balaban J connectivity index is 2.39. The number of fused-ring (bicyclic) bond motifs is 2. The third-order valence-corrected chi connectivity index (χ3v) is 2.99. The van der Waals surface area contributed by atoms with Crippen molar-refractivity contribution in [2.24, 2.45) is 9.98 Å². The fourth-order valence-corrected chi connectivity index (χ4v) is 2.15. The second-order valence-corrected chi connectivity index (χ2v) is 4.13. The van der Waals surface area contributed by atoms with Crippen molar-refractivity contribution in [2.45, 2.75) is 0 Å². The van der Waals surface area contributed by atoms with Gasteiger partial charge in [-0.1, -0.05) is 36.4 Å². The van der Waals surface area contributed by atoms with Crippen molar-refractivity contribution >= 4 is 33.2 Å². The van der Waals surface area contributed by atoms with Crippen LogP contribution in [0.5, 0.6) is 0 Å². The fourth-order valence-electron chi connectivity index (χ4n) is 2.15. The van der Waals surface area contributed by atoms with Gasteiger partial charge in [0.15, 0.2) is 0 Å². The molecular formula is C16H12N2. The summed E-state index contributed by atoms with van der Waals surface area (Å²) in [5.74, 6) is 0. The van der Waals surface area contributed by atoms with E-state index in [1.807, 2.05) is 18.2 Å². The molecule has 0 amide bonds. The van der Waals surface area contributed by atoms with Gasteiger partial charge in [-0.15, -0.1) is 0 Å². The van der Waals surface area contributed by atoms with Crippen molar-refractivity contribution in [1.82, 2.24) is 0 Å². The predicted octanol–water partition coefficient (Wildman–Crippen LogP) is 4.43. The van der Waals surface area contributed by atoms with E-state index in [1.165, 1.54) is 16.2 Å². The molecule has 0 aliphatic carbocycles. The number of aliphatic imine (C=N–C) groups is 2. The van der Waals surface area contributed by atoms with E-state index in [0.717, 1.165) is 11.1 Å². The first-order chi connectivity index (χ1) is 8.88. The molecular weight excluding hydrogens is 220 g/mol. The quantitative estimate of drug-likeness (QED) is 0.438. The Bertz CT molecular complexity index is 781. The minimum atomic E-state index is 0.906. The molecule has 0 aliphatic heterocycles. The van der Waals surface area contributed by atoms with Gasteiger partial charge in [-0.3, -0.25) is 0 Å². The largest absolute Gasteiger partial charge is 0.229 e. The monoisotopic (exact) mass is 232 g/mol. The highest BCUT2D eigenvalue weighted by Crippen LogP contribution is 2.29. The summed E-state index contributed by atoms with van der Waals surface area (Å²) in [6, 6.07) is 21.4. The maximum atomic E-state index is 4.24. The van der Waals surface area contributed by atoms with E-state index in [4.69, 9.17) is 0 Å². The molecule has 18 heavy (non-hydrogen) atoms. The van der Waals surface area contributed by atoms with E-state index >= 15 is 0 Å². The van der Waals surface area contributed by atoms with E-state index in [-0.39, 0.29) is 0 Å². The first-order valence-corrected chi connectivity index (χ1v) is 5.84. The number of hydrogen-bond acceptors (Lipinski definition) is 2. The zero-order valence-electron chi connectivity index (χ0n) is 10.1. The summed E-state index contributed by atoms with van der Waals surface area (Å²) >= 11 is 0. The van der Waals surface area contributed by atoms with Crippen LogP contribution in [0.2, 0.25) is 0 Å². The van der Waals surface area contributed by atoms with Crippen LogP contribution in [0.1, 0.15) is 0 Å². The van der Waals surface area contributed by atoms with Gasteiger partial charge in [-0.2, -0.15) is 4.99 Å². The minimum Gasteiger partial charge on any atom is -0.229 e. The lowest BCUT2D eigenvalue weighted by molar-refractivity contribution is 1.45. The molecule has 0 N–H and O–H groups in total. The SMILES string of the molecule is CN=C=Nc1cccc2cc3ccccc3cc12. The van der Waals surface area contributed by atoms with E-state index < -0.39 is 0 Å². The molecule has 0 aromatic heterocycles. The van der Waals surface area contributed by atoms with Gasteiger partial charge in [0.1, 0.15) is 0 Å². The van der Waals surface area contributed by atoms with Crippen molar-refractivity contribution in [3.8, 4) is 0 Å². The molecule has 0 atom stereocenters. The molecule has 86 valence electrons. The summed E-state index contributed by atoms with van der Waals surface area (Å²) in [4.78, 5) is 8.03. The highest BCUT2D eigenvalue weighted by atomic mass is 14.8. The van der Waals surface area contributed by atoms with Crippen LogP contribution < -0.4 is 0 Å². The van der Waals surface area contributed by atoms with Gasteiger partial charge in [0, 0.05) is 12.4 Å². The number of rotatable bonds is 1. The van der Waals surface area contributed by atoms with Crippen LogP contribution >= 0.6 is 0 Å². The zero-order chi connectivity index (χ0) is 12.4. The van der Waals surface area contributed by atoms with Crippen molar-refractivity contribution in [3.05, 3.63) is 54.6 Å². The Hall–Kier alpha value is -2.44. The molecule has 0 saturated heterocycles. The van der Waals surface area contributed by atoms with E-state index in [2.05, 4.69) is 52.4 Å². The Morgan fingerprint density at radius 3 is 2.33 bits per heavy atom. The summed E-state index contributed by atoms with van der Waals surface area (Å²) in [6.07, 6.45) is 0. The van der Waals surface area contributed by atoms with Gasteiger partial charge >= 0.3 is 0 Å². The van der Waals surface area contributed by atoms with Crippen LogP contribution in [-0.4, -0.2) is 13.1 Å². The third-order valence-electron chi connectivity index (χ3n) is 2.99. The minimum absolute atomic E-state index is 0.906. The molecule has 3 rings (SSSR count). The topological polar surface area (TPSA) is 24.7 Å². The Kier molecular flexibility index (Phi) is 2.64. The molecule has 0 radical (unpaired) electrons. The lowest BCUT2D eigenvalue weighted by Crippen LogP contribution is -1.77. The van der Waals surface area contributed by atoms with Crippen molar-refractivity contribution in [3.63, 3.8) is 0 Å². The molecule has 0 saturated carbocycles. The molecule has 2 nitrogen and oxygen atoms in total. The van der Waals surface area contributed by atoms with Crippen LogP contribution in [0.4, 0.5) is 5.69 Å². The standard InChI is InChI=1S/C16H12N2/c1-17-11-18-16-8-4-7-14-9-12-5-2-3-6-13(12)10-15(14)16/h2-10H,1H3. The second kappa shape index (κ2) is 4.44. The molecule has 0 fully saturated rings. The molecule has 0 spiro atoms. The van der Waals surface area contributed by atoms with Gasteiger partial charge in [0.25, 0.3) is 0 Å². The summed E-state index contributed by atoms with van der Waals surface area (Å²) in [5.41, 5.74) is 0.906. The van der Waals surface area contributed by atoms with E-state index in [9.17, 15) is 0 Å². The third kappa shape index (κ3) is 1.79. The molecule has 2 heteroatoms. The number of nitrogens with zero attached hydrogens (tertiary/aromatic N) is 2. The van der Waals surface area contributed by atoms with Crippen molar-refractivity contribution in [1.29, 1.82) is 0 Å². The van der Waals surface area contributed by atoms with Crippen molar-refractivity contribution in [2.75, 3.05) is 7.05 Å². The summed E-state index contributed by atoms with van der Waals surface area (Å²) in [6.45, 7) is 0. The van der Waals surface area contributed by atoms with E-state index in [1.54, 1.807) is 7.05 Å². The first kappa shape index (κ1) is 10.7. The normalized spacial score (nSPS) is 10.3. The van der Waals surface area contributed by atoms with Crippen molar-refractivity contribution < 1.29 is 0 Å². The Labute approximate surface area is 105 Å². The van der Waals surface area contributed by atoms with Crippen LogP contribution in [0, 0.1) is 0 Å². The highest BCUT2D eigenvalue weighted by Gasteiger charge is 2.01. The second-order valence-electron chi connectivity index (χ2n) is 4.13. The average molecular weight is 232 g/mol. The smallest absolute Gasteiger partial charge is 0.0946 e. The van der Waals surface area contributed by atoms with Gasteiger partial charge in [-0.25, -0.2) is 4.99 Å². The maximum absolute atomic E-state index is 4.24. The number of hydrogen-bond donors (Lipinski definition) is 0. The van der Waals surface area contributed by atoms with Crippen LogP contribution in [-0.2, 0) is 0 Å². The summed E-state index contributed by atoms with van der Waals surface area (Å²) < 4.78 is 0. The van der Waals surface area contributed by atoms with Gasteiger partial charge in [0.2, 0.25) is 0 Å². The fraction of sp³-hybridized carbons (Fsp3) is 0.0625. The Morgan fingerprint density at radius 2 is 1.56 bits per heavy atom. The molecule has 0 bridgehead atoms. The lowest BCUT2D eigenvalue weighted by Gasteiger charge is -2.04. The summed E-state index contributed by atoms with van der Waals surface area (Å²) in [5, 5.41) is 4.79. The molecule has 3 aromatic carbocycles. The molecule has 3 aromatic rings. The van der Waals surface area contributed by atoms with Gasteiger partial charge in [0.05, 0.1) is 11.7 Å². The molecule has 0 heterocycles. The summed E-state index contributed by atoms with van der Waals surface area (Å²) in [7, 11) is 1.67. The molecule has 0 unspecified atom stereocenters. The Morgan fingerprint density at radius 1 is 0.833 bits per heavy atom. The van der Waals surface area contributed by atoms with Crippen LogP contribution in [0.3, 0.4) is 0 Å². The maximum Gasteiger partial charge on any atom is 0.0946 e. The predicted molar refractivity (Wildman–Crippen MR) is 76.9 cm³/mol. The average Bonchev–Trinajstić information content (AvgIpc) is 2.43. The molecule has 0 aliphatic rings. The lowest BCUT2D eigenvalue weighted by atomic mass is 10.0. The van der Waals surface area contributed by atoms with Crippen LogP contribution in [0.15, 0.2) is 64.6 Å². The van der Waals surface area contributed by atoms with Crippen LogP contribution in [0.25, 0.3) is 21.5 Å². The van der Waals surface area contributed by atoms with E-state index in [0.29, 0.717) is 0 Å². The highest BCUT2D eigenvalue weighted by molar-refractivity contribution is 6.03. The van der Waals surface area contributed by atoms with Gasteiger partial charge in [-0.05, 0) is 34.4 Å². The number of benzene rings is 3. The zero-order valence-corrected chi connectivity index (χ0v) is 10.1. The van der Waals surface area contributed by atoms with Gasteiger partial charge < -0.3 is 0 Å².